The van der Waals surface area contributed by atoms with Crippen LogP contribution in [-0.4, -0.2) is 34.5 Å². The van der Waals surface area contributed by atoms with Gasteiger partial charge in [0.05, 0.1) is 0 Å². The van der Waals surface area contributed by atoms with Crippen LogP contribution in [0.5, 0.6) is 0 Å². The van der Waals surface area contributed by atoms with Gasteiger partial charge in [-0.1, -0.05) is 64.3 Å². The highest BCUT2D eigenvalue weighted by atomic mass is 19.1. The van der Waals surface area contributed by atoms with Gasteiger partial charge in [0.15, 0.2) is 0 Å². The Morgan fingerprint density at radius 3 is 2.29 bits per heavy atom. The Labute approximate surface area is 208 Å². The normalized spacial score (nSPS) is 11.7. The molecule has 4 heteroatoms. The summed E-state index contributed by atoms with van der Waals surface area (Å²) in [7, 11) is 0. The van der Waals surface area contributed by atoms with Crippen molar-refractivity contribution >= 4 is 29.1 Å². The van der Waals surface area contributed by atoms with Gasteiger partial charge < -0.3 is 14.9 Å². The molecule has 0 unspecified atom stereocenters. The van der Waals surface area contributed by atoms with E-state index in [-0.39, 0.29) is 5.82 Å². The SMILES string of the molecule is C=C(C)c1c(C)[nH]c(/C=c2\c(=C)[nH]c3ccc(F)cc23)c1-c1ccccc1.CCCN(CC)CC. The molecule has 0 fully saturated rings. The largest absolute Gasteiger partial charge is 0.358 e. The Hall–Kier alpha value is -3.37. The molecule has 2 heterocycles. The Kier molecular flexibility index (Phi) is 8.89. The molecule has 4 aromatic rings. The van der Waals surface area contributed by atoms with Crippen molar-refractivity contribution in [2.75, 3.05) is 19.6 Å². The number of nitrogens with one attached hydrogen (secondary N) is 2. The van der Waals surface area contributed by atoms with Crippen LogP contribution < -0.4 is 10.6 Å². The van der Waals surface area contributed by atoms with Crippen LogP contribution in [0.25, 0.3) is 40.3 Å². The fraction of sp³-hybridized carbons (Fsp3) is 0.290. The molecule has 0 amide bonds. The number of rotatable bonds is 7. The molecule has 2 N–H and O–H groups in total. The zero-order valence-corrected chi connectivity index (χ0v) is 21.8. The van der Waals surface area contributed by atoms with Crippen LogP contribution in [0.2, 0.25) is 0 Å². The van der Waals surface area contributed by atoms with Crippen molar-refractivity contribution in [1.82, 2.24) is 14.9 Å². The van der Waals surface area contributed by atoms with Gasteiger partial charge in [-0.25, -0.2) is 4.39 Å². The number of nitrogens with zero attached hydrogens (tertiary/aromatic N) is 1. The number of aromatic nitrogens is 2. The first kappa shape index (κ1) is 26.2. The van der Waals surface area contributed by atoms with Gasteiger partial charge in [-0.15, -0.1) is 0 Å². The molecule has 2 aromatic heterocycles. The summed E-state index contributed by atoms with van der Waals surface area (Å²) in [5.74, 6) is -0.260. The molecule has 35 heavy (non-hydrogen) atoms. The van der Waals surface area contributed by atoms with Crippen LogP contribution in [-0.2, 0) is 0 Å². The maximum Gasteiger partial charge on any atom is 0.123 e. The van der Waals surface area contributed by atoms with Crippen LogP contribution in [0.4, 0.5) is 4.39 Å². The zero-order valence-electron chi connectivity index (χ0n) is 21.8. The minimum absolute atomic E-state index is 0.260. The lowest BCUT2D eigenvalue weighted by atomic mass is 9.96. The second kappa shape index (κ2) is 11.9. The molecule has 0 radical (unpaired) electrons. The second-order valence-electron chi connectivity index (χ2n) is 8.94. The molecular formula is C31H38FN3. The van der Waals surface area contributed by atoms with E-state index in [4.69, 9.17) is 0 Å². The average molecular weight is 472 g/mol. The van der Waals surface area contributed by atoms with Crippen molar-refractivity contribution in [1.29, 1.82) is 0 Å². The number of hydrogen-bond acceptors (Lipinski definition) is 1. The molecule has 184 valence electrons. The standard InChI is InChI=1S/C24H21FN2.C7H17N/c1-14(2)23-16(4)27-22(24(23)17-8-6-5-7-9-17)13-19-15(3)26-21-11-10-18(25)12-20(19)21;1-4-7-8(5-2)6-3/h5-13,26-27H,1,3H2,2,4H3;4-7H2,1-3H3/b19-13+;. The lowest BCUT2D eigenvalue weighted by Gasteiger charge is -2.15. The summed E-state index contributed by atoms with van der Waals surface area (Å²) in [5, 5.41) is 2.47. The molecule has 0 aliphatic heterocycles. The van der Waals surface area contributed by atoms with Crippen molar-refractivity contribution in [3.63, 3.8) is 0 Å². The van der Waals surface area contributed by atoms with Gasteiger partial charge in [0.1, 0.15) is 5.82 Å². The first-order valence-electron chi connectivity index (χ1n) is 12.4. The maximum absolute atomic E-state index is 13.8. The zero-order chi connectivity index (χ0) is 25.5. The Morgan fingerprint density at radius 1 is 1.03 bits per heavy atom. The average Bonchev–Trinajstić information content (AvgIpc) is 3.34. The number of allylic oxidation sites excluding steroid dienone is 1. The Morgan fingerprint density at radius 2 is 1.71 bits per heavy atom. The van der Waals surface area contributed by atoms with Crippen LogP contribution >= 0.6 is 0 Å². The molecule has 0 spiro atoms. The summed E-state index contributed by atoms with van der Waals surface area (Å²) in [6, 6.07) is 15.0. The predicted molar refractivity (Wildman–Crippen MR) is 150 cm³/mol. The third-order valence-corrected chi connectivity index (χ3v) is 6.31. The maximum atomic E-state index is 13.8. The van der Waals surface area contributed by atoms with Crippen molar-refractivity contribution in [3.8, 4) is 11.1 Å². The van der Waals surface area contributed by atoms with E-state index in [1.165, 1.54) is 32.1 Å². The highest BCUT2D eigenvalue weighted by molar-refractivity contribution is 5.89. The lowest BCUT2D eigenvalue weighted by Crippen LogP contribution is -2.23. The third kappa shape index (κ3) is 6.01. The quantitative estimate of drug-likeness (QED) is 0.312. The number of aryl methyl sites for hydroxylation is 1. The Balaban J connectivity index is 0.000000371. The topological polar surface area (TPSA) is 34.8 Å². The van der Waals surface area contributed by atoms with Crippen molar-refractivity contribution in [2.24, 2.45) is 0 Å². The number of halogens is 1. The first-order chi connectivity index (χ1) is 16.8. The highest BCUT2D eigenvalue weighted by Crippen LogP contribution is 2.34. The van der Waals surface area contributed by atoms with Gasteiger partial charge in [0, 0.05) is 44.0 Å². The van der Waals surface area contributed by atoms with E-state index in [1.54, 1.807) is 12.1 Å². The Bertz CT molecular complexity index is 1390. The van der Waals surface area contributed by atoms with Gasteiger partial charge in [-0.3, -0.25) is 0 Å². The van der Waals surface area contributed by atoms with E-state index < -0.39 is 0 Å². The van der Waals surface area contributed by atoms with E-state index >= 15 is 0 Å². The number of H-pyrrole nitrogens is 2. The summed E-state index contributed by atoms with van der Waals surface area (Å²) in [4.78, 5) is 9.15. The van der Waals surface area contributed by atoms with Crippen molar-refractivity contribution in [2.45, 2.75) is 41.0 Å². The molecule has 0 saturated carbocycles. The van der Waals surface area contributed by atoms with E-state index in [0.717, 1.165) is 55.1 Å². The van der Waals surface area contributed by atoms with Gasteiger partial charge in [0.2, 0.25) is 0 Å². The second-order valence-corrected chi connectivity index (χ2v) is 8.94. The molecule has 3 nitrogen and oxygen atoms in total. The van der Waals surface area contributed by atoms with Gasteiger partial charge >= 0.3 is 0 Å². The van der Waals surface area contributed by atoms with E-state index in [0.29, 0.717) is 0 Å². The van der Waals surface area contributed by atoms with E-state index in [9.17, 15) is 4.39 Å². The summed E-state index contributed by atoms with van der Waals surface area (Å²) in [5.41, 5.74) is 7.23. The molecule has 4 rings (SSSR count). The molecular weight excluding hydrogens is 433 g/mol. The van der Waals surface area contributed by atoms with Crippen LogP contribution in [0.3, 0.4) is 0 Å². The molecule has 2 aromatic carbocycles. The van der Waals surface area contributed by atoms with Gasteiger partial charge in [-0.05, 0) is 75.3 Å². The number of benzene rings is 2. The lowest BCUT2D eigenvalue weighted by molar-refractivity contribution is 0.304. The molecule has 0 saturated heterocycles. The smallest absolute Gasteiger partial charge is 0.123 e. The van der Waals surface area contributed by atoms with Crippen LogP contribution in [0, 0.1) is 12.7 Å². The molecule has 0 aliphatic rings. The summed E-state index contributed by atoms with van der Waals surface area (Å²) in [6.07, 6.45) is 3.32. The number of hydrogen-bond donors (Lipinski definition) is 2. The van der Waals surface area contributed by atoms with E-state index in [2.05, 4.69) is 60.9 Å². The molecule has 0 bridgehead atoms. The minimum Gasteiger partial charge on any atom is -0.358 e. The van der Waals surface area contributed by atoms with Gasteiger partial charge in [0.25, 0.3) is 0 Å². The molecule has 0 atom stereocenters. The van der Waals surface area contributed by atoms with E-state index in [1.807, 2.05) is 38.1 Å². The fourth-order valence-electron chi connectivity index (χ4n) is 4.60. The first-order valence-corrected chi connectivity index (χ1v) is 12.4. The summed E-state index contributed by atoms with van der Waals surface area (Å²) in [6.45, 7) is 22.6. The predicted octanol–water partition coefficient (Wildman–Crippen LogP) is 6.62. The van der Waals surface area contributed by atoms with Crippen LogP contribution in [0.1, 0.15) is 51.1 Å². The van der Waals surface area contributed by atoms with Crippen LogP contribution in [0.15, 0.2) is 55.1 Å². The minimum atomic E-state index is -0.260. The number of fused-ring (bicyclic) bond motifs is 1. The van der Waals surface area contributed by atoms with Crippen molar-refractivity contribution < 1.29 is 4.39 Å². The summed E-state index contributed by atoms with van der Waals surface area (Å²) >= 11 is 0. The fourth-order valence-corrected chi connectivity index (χ4v) is 4.60. The monoisotopic (exact) mass is 471 g/mol. The highest BCUT2D eigenvalue weighted by Gasteiger charge is 2.16. The summed E-state index contributed by atoms with van der Waals surface area (Å²) < 4.78 is 13.8. The number of aromatic amines is 2. The van der Waals surface area contributed by atoms with Crippen molar-refractivity contribution in [3.05, 3.63) is 88.4 Å². The molecule has 0 aliphatic carbocycles. The third-order valence-electron chi connectivity index (χ3n) is 6.31. The van der Waals surface area contributed by atoms with Gasteiger partial charge in [-0.2, -0.15) is 0 Å².